The highest BCUT2D eigenvalue weighted by molar-refractivity contribution is 5.73. The predicted molar refractivity (Wildman–Crippen MR) is 53.7 cm³/mol. The predicted octanol–water partition coefficient (Wildman–Crippen LogP) is 1.37. The van der Waals surface area contributed by atoms with Gasteiger partial charge in [-0.15, -0.1) is 0 Å². The molecule has 0 aromatic rings. The van der Waals surface area contributed by atoms with E-state index in [0.717, 1.165) is 19.4 Å². The van der Waals surface area contributed by atoms with Gasteiger partial charge in [0.15, 0.2) is 0 Å². The second kappa shape index (κ2) is 5.39. The number of nitrogens with two attached hydrogens (primary N) is 1. The summed E-state index contributed by atoms with van der Waals surface area (Å²) in [5, 5.41) is 0. The fourth-order valence-electron chi connectivity index (χ4n) is 1.74. The van der Waals surface area contributed by atoms with Crippen LogP contribution in [0, 0.1) is 0 Å². The Bertz CT molecular complexity index is 211. The van der Waals surface area contributed by atoms with Gasteiger partial charge in [0.25, 0.3) is 5.92 Å². The van der Waals surface area contributed by atoms with Crippen LogP contribution in [0.4, 0.5) is 8.78 Å². The molecule has 0 radical (unpaired) electrons. The molecular formula is C10H18F2N2O. The van der Waals surface area contributed by atoms with Crippen LogP contribution in [0.5, 0.6) is 0 Å². The lowest BCUT2D eigenvalue weighted by Crippen LogP contribution is -2.39. The van der Waals surface area contributed by atoms with Crippen molar-refractivity contribution in [2.75, 3.05) is 19.6 Å². The normalized spacial score (nSPS) is 21.5. The molecule has 88 valence electrons. The maximum atomic E-state index is 12.8. The molecule has 0 atom stereocenters. The van der Waals surface area contributed by atoms with E-state index in [2.05, 4.69) is 0 Å². The van der Waals surface area contributed by atoms with Crippen molar-refractivity contribution in [3.05, 3.63) is 0 Å². The number of carbonyl (C=O) groups excluding carboxylic acids is 1. The van der Waals surface area contributed by atoms with E-state index in [1.165, 1.54) is 0 Å². The highest BCUT2D eigenvalue weighted by atomic mass is 19.3. The fourth-order valence-corrected chi connectivity index (χ4v) is 1.74. The molecule has 2 N–H and O–H groups in total. The first-order chi connectivity index (χ1) is 6.99. The van der Waals surface area contributed by atoms with Crippen LogP contribution in [-0.2, 0) is 4.79 Å². The van der Waals surface area contributed by atoms with E-state index in [-0.39, 0.29) is 18.7 Å². The first-order valence-corrected chi connectivity index (χ1v) is 5.38. The Morgan fingerprint density at radius 1 is 1.27 bits per heavy atom. The zero-order chi connectivity index (χ0) is 11.3. The molecule has 0 saturated carbocycles. The number of halogens is 2. The quantitative estimate of drug-likeness (QED) is 0.711. The molecule has 1 amide bonds. The van der Waals surface area contributed by atoms with Crippen molar-refractivity contribution < 1.29 is 13.6 Å². The first kappa shape index (κ1) is 12.4. The summed E-state index contributed by atoms with van der Waals surface area (Å²) in [5.74, 6) is -2.76. The van der Waals surface area contributed by atoms with E-state index in [1.807, 2.05) is 4.90 Å². The van der Waals surface area contributed by atoms with Crippen LogP contribution >= 0.6 is 0 Å². The van der Waals surface area contributed by atoms with Gasteiger partial charge in [0.2, 0.25) is 5.91 Å². The van der Waals surface area contributed by atoms with Gasteiger partial charge in [-0.05, 0) is 19.4 Å². The summed E-state index contributed by atoms with van der Waals surface area (Å²) in [6, 6.07) is 0. The summed E-state index contributed by atoms with van der Waals surface area (Å²) in [5.41, 5.74) is 5.00. The van der Waals surface area contributed by atoms with E-state index in [4.69, 9.17) is 5.73 Å². The number of nitrogens with zero attached hydrogens (tertiary/aromatic N) is 1. The molecule has 0 aromatic heterocycles. The van der Waals surface area contributed by atoms with Crippen molar-refractivity contribution in [3.8, 4) is 0 Å². The zero-order valence-corrected chi connectivity index (χ0v) is 8.85. The Kier molecular flexibility index (Phi) is 4.45. The van der Waals surface area contributed by atoms with Gasteiger partial charge >= 0.3 is 0 Å². The second-order valence-electron chi connectivity index (χ2n) is 4.12. The molecule has 5 heteroatoms. The molecule has 3 nitrogen and oxygen atoms in total. The number of amides is 1. The maximum absolute atomic E-state index is 12.8. The third kappa shape index (κ3) is 5.06. The SMILES string of the molecule is NC(=O)CCCCN1CCC(F)(F)CC1. The molecule has 0 spiro atoms. The minimum absolute atomic E-state index is 0.0389. The smallest absolute Gasteiger partial charge is 0.250 e. The number of carbonyl (C=O) groups is 1. The van der Waals surface area contributed by atoms with E-state index < -0.39 is 5.92 Å². The van der Waals surface area contributed by atoms with Crippen molar-refractivity contribution in [2.45, 2.75) is 38.0 Å². The molecule has 0 aliphatic carbocycles. The number of alkyl halides is 2. The number of hydrogen-bond donors (Lipinski definition) is 1. The lowest BCUT2D eigenvalue weighted by molar-refractivity contribution is -0.118. The third-order valence-corrected chi connectivity index (χ3v) is 2.74. The summed E-state index contributed by atoms with van der Waals surface area (Å²) in [6.45, 7) is 1.72. The minimum Gasteiger partial charge on any atom is -0.370 e. The largest absolute Gasteiger partial charge is 0.370 e. The lowest BCUT2D eigenvalue weighted by Gasteiger charge is -2.31. The van der Waals surface area contributed by atoms with Crippen LogP contribution in [-0.4, -0.2) is 36.4 Å². The molecule has 0 aromatic carbocycles. The van der Waals surface area contributed by atoms with E-state index in [0.29, 0.717) is 19.5 Å². The Labute approximate surface area is 88.6 Å². The highest BCUT2D eigenvalue weighted by Crippen LogP contribution is 2.27. The number of primary amides is 1. The molecule has 0 unspecified atom stereocenters. The van der Waals surface area contributed by atoms with E-state index >= 15 is 0 Å². The summed E-state index contributed by atoms with van der Waals surface area (Å²) in [4.78, 5) is 12.5. The van der Waals surface area contributed by atoms with Gasteiger partial charge in [-0.2, -0.15) is 0 Å². The van der Waals surface area contributed by atoms with Crippen molar-refractivity contribution in [2.24, 2.45) is 5.73 Å². The number of piperidine rings is 1. The molecule has 1 rings (SSSR count). The van der Waals surface area contributed by atoms with E-state index in [9.17, 15) is 13.6 Å². The van der Waals surface area contributed by atoms with Gasteiger partial charge < -0.3 is 10.6 Å². The molecule has 0 bridgehead atoms. The van der Waals surface area contributed by atoms with E-state index in [1.54, 1.807) is 0 Å². The van der Waals surface area contributed by atoms with Crippen molar-refractivity contribution >= 4 is 5.91 Å². The van der Waals surface area contributed by atoms with Crippen LogP contribution in [0.15, 0.2) is 0 Å². The summed E-state index contributed by atoms with van der Waals surface area (Å²) in [6.07, 6.45) is 1.92. The van der Waals surface area contributed by atoms with Gasteiger partial charge in [0, 0.05) is 32.4 Å². The van der Waals surface area contributed by atoms with Crippen LogP contribution in [0.1, 0.15) is 32.1 Å². The molecule has 1 aliphatic rings. The molecule has 1 heterocycles. The Morgan fingerprint density at radius 3 is 2.40 bits per heavy atom. The maximum Gasteiger partial charge on any atom is 0.250 e. The topological polar surface area (TPSA) is 46.3 Å². The first-order valence-electron chi connectivity index (χ1n) is 5.38. The number of rotatable bonds is 5. The molecule has 1 fully saturated rings. The standard InChI is InChI=1S/C10H18F2N2O/c11-10(12)4-7-14(8-5-10)6-2-1-3-9(13)15/h1-8H2,(H2,13,15). The summed E-state index contributed by atoms with van der Waals surface area (Å²) in [7, 11) is 0. The second-order valence-corrected chi connectivity index (χ2v) is 4.12. The van der Waals surface area contributed by atoms with Crippen LogP contribution in [0.25, 0.3) is 0 Å². The van der Waals surface area contributed by atoms with Gasteiger partial charge in [-0.3, -0.25) is 4.79 Å². The Hall–Kier alpha value is -0.710. The summed E-state index contributed by atoms with van der Waals surface area (Å²) < 4.78 is 25.6. The molecule has 1 aliphatic heterocycles. The van der Waals surface area contributed by atoms with Gasteiger partial charge in [-0.25, -0.2) is 8.78 Å². The Morgan fingerprint density at radius 2 is 1.87 bits per heavy atom. The van der Waals surface area contributed by atoms with Crippen molar-refractivity contribution in [3.63, 3.8) is 0 Å². The number of unbranched alkanes of at least 4 members (excludes halogenated alkanes) is 1. The van der Waals surface area contributed by atoms with Crippen LogP contribution in [0.2, 0.25) is 0 Å². The number of likely N-dealkylation sites (tertiary alicyclic amines) is 1. The minimum atomic E-state index is -2.47. The average molecular weight is 220 g/mol. The summed E-state index contributed by atoms with van der Waals surface area (Å²) >= 11 is 0. The monoisotopic (exact) mass is 220 g/mol. The highest BCUT2D eigenvalue weighted by Gasteiger charge is 2.33. The average Bonchev–Trinajstić information content (AvgIpc) is 2.14. The van der Waals surface area contributed by atoms with Crippen molar-refractivity contribution in [1.29, 1.82) is 0 Å². The van der Waals surface area contributed by atoms with Gasteiger partial charge in [0.1, 0.15) is 0 Å². The molecule has 15 heavy (non-hydrogen) atoms. The zero-order valence-electron chi connectivity index (χ0n) is 8.85. The number of hydrogen-bond acceptors (Lipinski definition) is 2. The Balaban J connectivity index is 2.06. The molecular weight excluding hydrogens is 202 g/mol. The fraction of sp³-hybridized carbons (Fsp3) is 0.900. The van der Waals surface area contributed by atoms with Gasteiger partial charge in [0.05, 0.1) is 0 Å². The van der Waals surface area contributed by atoms with Crippen molar-refractivity contribution in [1.82, 2.24) is 4.90 Å². The van der Waals surface area contributed by atoms with Crippen LogP contribution < -0.4 is 5.73 Å². The van der Waals surface area contributed by atoms with Crippen LogP contribution in [0.3, 0.4) is 0 Å². The third-order valence-electron chi connectivity index (χ3n) is 2.74. The van der Waals surface area contributed by atoms with Gasteiger partial charge in [-0.1, -0.05) is 0 Å². The molecule has 1 saturated heterocycles. The lowest BCUT2D eigenvalue weighted by atomic mass is 10.1.